The first-order valence-electron chi connectivity index (χ1n) is 14.9. The van der Waals surface area contributed by atoms with Crippen LogP contribution in [0.25, 0.3) is 0 Å². The van der Waals surface area contributed by atoms with Crippen LogP contribution in [0.5, 0.6) is 5.75 Å². The summed E-state index contributed by atoms with van der Waals surface area (Å²) in [6, 6.07) is 8.19. The van der Waals surface area contributed by atoms with Gasteiger partial charge >= 0.3 is 0 Å². The van der Waals surface area contributed by atoms with Gasteiger partial charge in [-0.15, -0.1) is 0 Å². The molecule has 6 rings (SSSR count). The van der Waals surface area contributed by atoms with Crippen LogP contribution in [0.1, 0.15) is 79.1 Å². The molecule has 4 aliphatic carbocycles. The minimum atomic E-state index is 0. The number of piperazine rings is 1. The van der Waals surface area contributed by atoms with Gasteiger partial charge in [-0.2, -0.15) is 0 Å². The average Bonchev–Trinajstić information content (AvgIpc) is 3.19. The molecule has 1 N–H and O–H groups in total. The molecule has 5 atom stereocenters. The van der Waals surface area contributed by atoms with E-state index in [2.05, 4.69) is 30.1 Å². The van der Waals surface area contributed by atoms with Crippen LogP contribution in [0.2, 0.25) is 0 Å². The van der Waals surface area contributed by atoms with Gasteiger partial charge in [0.2, 0.25) is 11.8 Å². The highest BCUT2D eigenvalue weighted by molar-refractivity contribution is 5.85. The molecule has 6 nitrogen and oxygen atoms in total. The third-order valence-electron chi connectivity index (χ3n) is 9.95. The lowest BCUT2D eigenvalue weighted by atomic mass is 9.55. The first-order valence-corrected chi connectivity index (χ1v) is 14.9. The van der Waals surface area contributed by atoms with Crippen molar-refractivity contribution in [1.29, 1.82) is 0 Å². The van der Waals surface area contributed by atoms with Crippen molar-refractivity contribution >= 4 is 11.8 Å². The molecular weight excluding hydrogens is 462 g/mol. The fourth-order valence-electron chi connectivity index (χ4n) is 8.76. The smallest absolute Gasteiger partial charge is 0.242 e. The van der Waals surface area contributed by atoms with Crippen molar-refractivity contribution in [3.05, 3.63) is 29.8 Å². The Morgan fingerprint density at radius 3 is 2.54 bits per heavy atom. The first kappa shape index (κ1) is 26.5. The topological polar surface area (TPSA) is 61.9 Å². The molecule has 206 valence electrons. The lowest BCUT2D eigenvalue weighted by Gasteiger charge is -2.49. The zero-order valence-electron chi connectivity index (χ0n) is 23.3. The maximum Gasteiger partial charge on any atom is 0.242 e. The Morgan fingerprint density at radius 2 is 1.78 bits per heavy atom. The van der Waals surface area contributed by atoms with E-state index in [4.69, 9.17) is 4.74 Å². The summed E-state index contributed by atoms with van der Waals surface area (Å²) in [5, 5.41) is 2.99. The summed E-state index contributed by atoms with van der Waals surface area (Å²) in [6.07, 6.45) is 9.94. The number of fused-ring (bicyclic) bond motifs is 2. The first-order chi connectivity index (χ1) is 17.9. The van der Waals surface area contributed by atoms with E-state index < -0.39 is 0 Å². The highest BCUT2D eigenvalue weighted by atomic mass is 16.5. The van der Waals surface area contributed by atoms with Crippen molar-refractivity contribution in [3.63, 3.8) is 0 Å². The maximum absolute atomic E-state index is 12.9. The Hall–Kier alpha value is -2.08. The molecule has 0 aromatic heterocycles. The number of hydrogen-bond acceptors (Lipinski definition) is 4. The number of para-hydroxylation sites is 1. The van der Waals surface area contributed by atoms with Gasteiger partial charge in [0.1, 0.15) is 5.75 Å². The summed E-state index contributed by atoms with van der Waals surface area (Å²) in [4.78, 5) is 30.0. The van der Waals surface area contributed by atoms with Gasteiger partial charge in [-0.05, 0) is 80.1 Å². The Labute approximate surface area is 225 Å². The van der Waals surface area contributed by atoms with Crippen molar-refractivity contribution in [2.24, 2.45) is 28.6 Å². The number of carbonyl (C=O) groups is 2. The van der Waals surface area contributed by atoms with Crippen LogP contribution < -0.4 is 10.1 Å². The van der Waals surface area contributed by atoms with Crippen molar-refractivity contribution < 1.29 is 15.8 Å². The van der Waals surface area contributed by atoms with Crippen LogP contribution in [0.3, 0.4) is 0 Å². The second kappa shape index (κ2) is 11.0. The van der Waals surface area contributed by atoms with Crippen LogP contribution in [-0.4, -0.2) is 60.9 Å². The maximum atomic E-state index is 12.9. The van der Waals surface area contributed by atoms with Gasteiger partial charge in [0.25, 0.3) is 0 Å². The van der Waals surface area contributed by atoms with E-state index in [-0.39, 0.29) is 25.2 Å². The molecule has 1 aliphatic heterocycles. The quantitative estimate of drug-likeness (QED) is 0.527. The minimum absolute atomic E-state index is 0. The van der Waals surface area contributed by atoms with Crippen molar-refractivity contribution in [2.75, 3.05) is 39.3 Å². The van der Waals surface area contributed by atoms with Crippen molar-refractivity contribution in [2.45, 2.75) is 78.7 Å². The number of rotatable bonds is 8. The van der Waals surface area contributed by atoms with Crippen LogP contribution in [0.4, 0.5) is 0 Å². The molecule has 4 saturated carbocycles. The van der Waals surface area contributed by atoms with E-state index in [1.165, 1.54) is 50.5 Å². The number of nitrogens with one attached hydrogen (secondary N) is 1. The molecule has 0 radical (unpaired) electrons. The van der Waals surface area contributed by atoms with Crippen LogP contribution in [0.15, 0.2) is 24.3 Å². The molecule has 5 unspecified atom stereocenters. The van der Waals surface area contributed by atoms with Gasteiger partial charge in [0.15, 0.2) is 0 Å². The molecule has 1 spiro atoms. The normalized spacial score (nSPS) is 33.3. The number of nitrogens with zero attached hydrogens (tertiary/aromatic N) is 2. The van der Waals surface area contributed by atoms with Crippen molar-refractivity contribution in [3.8, 4) is 5.75 Å². The number of benzene rings is 1. The molecule has 1 aromatic rings. The lowest BCUT2D eigenvalue weighted by molar-refractivity contribution is -0.135. The Kier molecular flexibility index (Phi) is 7.86. The SMILES string of the molecule is CCC.CCOc1ccccc1CN1CCN(C(=O)CNC(=O)CC23CC4CC5CC(C2)C5(C4)C3)CC1.[HH]. The number of amides is 2. The second-order valence-corrected chi connectivity index (χ2v) is 12.6. The monoisotopic (exact) mass is 511 g/mol. The fourth-order valence-corrected chi connectivity index (χ4v) is 8.76. The lowest BCUT2D eigenvalue weighted by Crippen LogP contribution is -2.51. The fraction of sp³-hybridized carbons (Fsp3) is 0.742. The van der Waals surface area contributed by atoms with E-state index >= 15 is 0 Å². The standard InChI is InChI=1S/C28H39N3O3.C3H8.H2/c1-2-34-24-6-4-3-5-21(24)18-30-7-9-31(10-8-30)26(33)17-29-25(32)16-27-13-20-11-22-12-23(15-27)28(22,14-20)19-27;1-3-2;/h3-6,20,22-23H,2,7-19H2,1H3,(H,29,32);3H2,1-2H3;1H. The van der Waals surface area contributed by atoms with Gasteiger partial charge in [0, 0.05) is 46.1 Å². The predicted molar refractivity (Wildman–Crippen MR) is 148 cm³/mol. The number of hydrogen-bond donors (Lipinski definition) is 1. The van der Waals surface area contributed by atoms with E-state index in [0.29, 0.717) is 31.5 Å². The molecule has 6 heteroatoms. The molecule has 1 saturated heterocycles. The van der Waals surface area contributed by atoms with Gasteiger partial charge in [0.05, 0.1) is 13.2 Å². The molecule has 1 heterocycles. The summed E-state index contributed by atoms with van der Waals surface area (Å²) < 4.78 is 5.76. The van der Waals surface area contributed by atoms with Gasteiger partial charge in [-0.3, -0.25) is 14.5 Å². The highest BCUT2D eigenvalue weighted by Crippen LogP contribution is 2.79. The molecule has 37 heavy (non-hydrogen) atoms. The Bertz CT molecular complexity index is 977. The third-order valence-corrected chi connectivity index (χ3v) is 9.95. The highest BCUT2D eigenvalue weighted by Gasteiger charge is 2.70. The number of ether oxygens (including phenoxy) is 1. The third kappa shape index (κ3) is 5.28. The van der Waals surface area contributed by atoms with Gasteiger partial charge in [-0.1, -0.05) is 38.5 Å². The van der Waals surface area contributed by atoms with E-state index in [1.54, 1.807) is 0 Å². The summed E-state index contributed by atoms with van der Waals surface area (Å²) >= 11 is 0. The molecule has 1 aromatic carbocycles. The molecule has 3 bridgehead atoms. The summed E-state index contributed by atoms with van der Waals surface area (Å²) in [5.41, 5.74) is 2.04. The van der Waals surface area contributed by atoms with E-state index in [1.807, 2.05) is 30.0 Å². The van der Waals surface area contributed by atoms with Gasteiger partial charge < -0.3 is 15.0 Å². The molecule has 5 fully saturated rings. The van der Waals surface area contributed by atoms with Crippen LogP contribution >= 0.6 is 0 Å². The minimum Gasteiger partial charge on any atom is -0.494 e. The summed E-state index contributed by atoms with van der Waals surface area (Å²) in [7, 11) is 0. The summed E-state index contributed by atoms with van der Waals surface area (Å²) in [5.74, 6) is 3.79. The zero-order valence-corrected chi connectivity index (χ0v) is 23.3. The second-order valence-electron chi connectivity index (χ2n) is 12.6. The van der Waals surface area contributed by atoms with E-state index in [0.717, 1.165) is 43.1 Å². The van der Waals surface area contributed by atoms with E-state index in [9.17, 15) is 9.59 Å². The summed E-state index contributed by atoms with van der Waals surface area (Å²) in [6.45, 7) is 11.0. The number of carbonyl (C=O) groups excluding carboxylic acids is 2. The Morgan fingerprint density at radius 1 is 1.03 bits per heavy atom. The molecule has 2 amide bonds. The van der Waals surface area contributed by atoms with Crippen LogP contribution in [-0.2, 0) is 16.1 Å². The average molecular weight is 512 g/mol. The van der Waals surface area contributed by atoms with Crippen LogP contribution in [0, 0.1) is 28.6 Å². The Balaban J connectivity index is 0.000000804. The molecular formula is C31H49N3O3. The van der Waals surface area contributed by atoms with Gasteiger partial charge in [-0.25, -0.2) is 0 Å². The zero-order chi connectivity index (χ0) is 26.0. The van der Waals surface area contributed by atoms with Crippen molar-refractivity contribution in [1.82, 2.24) is 15.1 Å². The largest absolute Gasteiger partial charge is 0.494 e. The molecule has 5 aliphatic rings. The predicted octanol–water partition coefficient (Wildman–Crippen LogP) is 5.11.